The van der Waals surface area contributed by atoms with E-state index in [2.05, 4.69) is 91.9 Å². The second-order valence-corrected chi connectivity index (χ2v) is 11.0. The van der Waals surface area contributed by atoms with Gasteiger partial charge in [0.1, 0.15) is 5.75 Å². The van der Waals surface area contributed by atoms with Crippen molar-refractivity contribution in [1.29, 1.82) is 0 Å². The van der Waals surface area contributed by atoms with Crippen molar-refractivity contribution in [3.63, 3.8) is 0 Å². The number of rotatable bonds is 15. The summed E-state index contributed by atoms with van der Waals surface area (Å²) in [4.78, 5) is 12.9. The molecule has 0 saturated heterocycles. The van der Waals surface area contributed by atoms with Gasteiger partial charge in [-0.25, -0.2) is 0 Å². The van der Waals surface area contributed by atoms with E-state index < -0.39 is 5.97 Å². The van der Waals surface area contributed by atoms with E-state index in [9.17, 15) is 0 Å². The van der Waals surface area contributed by atoms with Crippen molar-refractivity contribution in [1.82, 2.24) is 0 Å². The fraction of sp³-hybridized carbons (Fsp3) is 0.406. The Balaban J connectivity index is 0.00000106. The Morgan fingerprint density at radius 1 is 0.639 bits per heavy atom. The Morgan fingerprint density at radius 3 is 1.47 bits per heavy atom. The van der Waals surface area contributed by atoms with E-state index in [1.807, 2.05) is 0 Å². The van der Waals surface area contributed by atoms with Gasteiger partial charge < -0.3 is 14.6 Å². The highest BCUT2D eigenvalue weighted by atomic mass is 32.2. The molecule has 3 nitrogen and oxygen atoms in total. The molecular weight excluding hydrogens is 464 g/mol. The SMILES string of the molecule is CC(=O)[O-].CCCCCCCCCCCCOc1ccc([S+](c2ccccc2)c2ccccc2)cc1. The number of carbonyl (C=O) groups excluding carboxylic acids is 1. The molecule has 0 amide bonds. The number of carboxylic acid groups (broad SMARTS) is 1. The zero-order valence-electron chi connectivity index (χ0n) is 22.0. The minimum atomic E-state index is -1.08. The quantitative estimate of drug-likeness (QED) is 0.156. The molecule has 0 atom stereocenters. The van der Waals surface area contributed by atoms with Gasteiger partial charge >= 0.3 is 0 Å². The lowest BCUT2D eigenvalue weighted by molar-refractivity contribution is -0.302. The Hall–Kier alpha value is -2.72. The summed E-state index contributed by atoms with van der Waals surface area (Å²) in [5.74, 6) is -0.102. The number of unbranched alkanes of at least 4 members (excludes halogenated alkanes) is 9. The van der Waals surface area contributed by atoms with Gasteiger partial charge in [0.15, 0.2) is 14.7 Å². The van der Waals surface area contributed by atoms with Crippen molar-refractivity contribution < 1.29 is 14.6 Å². The first kappa shape index (κ1) is 29.5. The van der Waals surface area contributed by atoms with Gasteiger partial charge in [-0.1, -0.05) is 101 Å². The molecule has 0 aliphatic rings. The topological polar surface area (TPSA) is 49.4 Å². The van der Waals surface area contributed by atoms with Gasteiger partial charge in [-0.2, -0.15) is 0 Å². The van der Waals surface area contributed by atoms with Gasteiger partial charge in [0.25, 0.3) is 0 Å². The van der Waals surface area contributed by atoms with Gasteiger partial charge in [0, 0.05) is 5.97 Å². The zero-order chi connectivity index (χ0) is 25.8. The summed E-state index contributed by atoms with van der Waals surface area (Å²) in [6.07, 6.45) is 13.5. The van der Waals surface area contributed by atoms with Crippen molar-refractivity contribution in [2.45, 2.75) is 92.7 Å². The lowest BCUT2D eigenvalue weighted by Crippen LogP contribution is -2.16. The third kappa shape index (κ3) is 12.3. The van der Waals surface area contributed by atoms with E-state index in [-0.39, 0.29) is 10.9 Å². The molecule has 0 N–H and O–H groups in total. The molecule has 0 unspecified atom stereocenters. The maximum atomic E-state index is 8.89. The van der Waals surface area contributed by atoms with Gasteiger partial charge in [-0.3, -0.25) is 0 Å². The summed E-state index contributed by atoms with van der Waals surface area (Å²) >= 11 is 0. The Morgan fingerprint density at radius 2 is 1.03 bits per heavy atom. The monoisotopic (exact) mass is 506 g/mol. The first-order valence-corrected chi connectivity index (χ1v) is 14.6. The van der Waals surface area contributed by atoms with Crippen LogP contribution in [-0.2, 0) is 15.7 Å². The van der Waals surface area contributed by atoms with Crippen LogP contribution in [0.1, 0.15) is 78.1 Å². The van der Waals surface area contributed by atoms with E-state index in [1.54, 1.807) is 0 Å². The van der Waals surface area contributed by atoms with Gasteiger partial charge in [0.05, 0.1) is 17.5 Å². The van der Waals surface area contributed by atoms with Crippen LogP contribution >= 0.6 is 0 Å². The summed E-state index contributed by atoms with van der Waals surface area (Å²) in [6, 6.07) is 30.3. The highest BCUT2D eigenvalue weighted by Crippen LogP contribution is 2.31. The molecule has 3 aromatic rings. The zero-order valence-corrected chi connectivity index (χ0v) is 22.8. The van der Waals surface area contributed by atoms with Crippen molar-refractivity contribution in [2.24, 2.45) is 0 Å². The van der Waals surface area contributed by atoms with E-state index in [4.69, 9.17) is 14.6 Å². The molecule has 0 saturated carbocycles. The van der Waals surface area contributed by atoms with Crippen molar-refractivity contribution in [2.75, 3.05) is 6.61 Å². The number of hydrogen-bond donors (Lipinski definition) is 0. The molecule has 0 fully saturated rings. The molecule has 3 rings (SSSR count). The highest BCUT2D eigenvalue weighted by Gasteiger charge is 2.28. The highest BCUT2D eigenvalue weighted by molar-refractivity contribution is 7.97. The molecule has 3 aromatic carbocycles. The van der Waals surface area contributed by atoms with Crippen molar-refractivity contribution in [3.05, 3.63) is 84.9 Å². The fourth-order valence-electron chi connectivity index (χ4n) is 3.97. The van der Waals surface area contributed by atoms with Crippen LogP contribution in [0.4, 0.5) is 0 Å². The molecule has 0 heterocycles. The number of carboxylic acids is 1. The third-order valence-corrected chi connectivity index (χ3v) is 8.01. The molecule has 0 aromatic heterocycles. The molecular formula is C32H42O3S. The van der Waals surface area contributed by atoms with Crippen LogP contribution in [0, 0.1) is 0 Å². The van der Waals surface area contributed by atoms with Crippen LogP contribution in [0.25, 0.3) is 0 Å². The van der Waals surface area contributed by atoms with Crippen LogP contribution in [0.5, 0.6) is 5.75 Å². The Bertz CT molecular complexity index is 899. The lowest BCUT2D eigenvalue weighted by Gasteiger charge is -2.10. The fourth-order valence-corrected chi connectivity index (χ4v) is 6.06. The van der Waals surface area contributed by atoms with E-state index >= 15 is 0 Å². The number of ether oxygens (including phenoxy) is 1. The van der Waals surface area contributed by atoms with E-state index in [1.165, 1.54) is 72.5 Å². The van der Waals surface area contributed by atoms with Crippen molar-refractivity contribution in [3.8, 4) is 5.75 Å². The first-order valence-electron chi connectivity index (χ1n) is 13.4. The Labute approximate surface area is 221 Å². The Kier molecular flexibility index (Phi) is 15.2. The molecule has 0 spiro atoms. The molecule has 36 heavy (non-hydrogen) atoms. The number of benzene rings is 3. The molecule has 194 valence electrons. The van der Waals surface area contributed by atoms with Gasteiger partial charge in [-0.15, -0.1) is 0 Å². The normalized spacial score (nSPS) is 10.5. The maximum absolute atomic E-state index is 8.89. The minimum Gasteiger partial charge on any atom is -0.550 e. The summed E-state index contributed by atoms with van der Waals surface area (Å²) < 4.78 is 6.03. The largest absolute Gasteiger partial charge is 0.550 e. The average Bonchev–Trinajstić information content (AvgIpc) is 2.89. The van der Waals surface area contributed by atoms with Crippen LogP contribution in [0.15, 0.2) is 99.6 Å². The van der Waals surface area contributed by atoms with Gasteiger partial charge in [-0.05, 0) is 61.9 Å². The van der Waals surface area contributed by atoms with Crippen LogP contribution in [0.2, 0.25) is 0 Å². The third-order valence-electron chi connectivity index (χ3n) is 5.78. The predicted octanol–water partition coefficient (Wildman–Crippen LogP) is 7.84. The summed E-state index contributed by atoms with van der Waals surface area (Å²) in [5.41, 5.74) is 0. The molecule has 0 bridgehead atoms. The predicted molar refractivity (Wildman–Crippen MR) is 150 cm³/mol. The first-order chi connectivity index (χ1) is 17.6. The number of hydrogen-bond acceptors (Lipinski definition) is 3. The number of carbonyl (C=O) groups is 1. The van der Waals surface area contributed by atoms with Crippen LogP contribution < -0.4 is 9.84 Å². The summed E-state index contributed by atoms with van der Waals surface area (Å²) in [7, 11) is -0.0938. The molecule has 0 aliphatic carbocycles. The van der Waals surface area contributed by atoms with E-state index in [0.717, 1.165) is 25.7 Å². The van der Waals surface area contributed by atoms with Gasteiger partial charge in [0.2, 0.25) is 0 Å². The second-order valence-electron chi connectivity index (χ2n) is 8.93. The molecule has 4 heteroatoms. The van der Waals surface area contributed by atoms with E-state index in [0.29, 0.717) is 0 Å². The van der Waals surface area contributed by atoms with Crippen LogP contribution in [0.3, 0.4) is 0 Å². The maximum Gasteiger partial charge on any atom is 0.166 e. The molecule has 0 aliphatic heterocycles. The average molecular weight is 507 g/mol. The van der Waals surface area contributed by atoms with Crippen LogP contribution in [-0.4, -0.2) is 12.6 Å². The number of aliphatic carboxylic acids is 1. The smallest absolute Gasteiger partial charge is 0.166 e. The van der Waals surface area contributed by atoms with Crippen molar-refractivity contribution >= 4 is 16.9 Å². The summed E-state index contributed by atoms with van der Waals surface area (Å²) in [6.45, 7) is 4.07. The minimum absolute atomic E-state index is 0.0938. The summed E-state index contributed by atoms with van der Waals surface area (Å²) in [5, 5.41) is 8.89. The second kappa shape index (κ2) is 18.5. The lowest BCUT2D eigenvalue weighted by atomic mass is 10.1. The molecule has 0 radical (unpaired) electrons. The standard InChI is InChI=1S/C30H39OS.C2H4O2/c1-2-3-4-5-6-7-8-9-10-17-26-31-27-22-24-30(25-23-27)32(28-18-13-11-14-19-28)29-20-15-12-16-21-29;1-2(3)4/h11-16,18-25H,2-10,17,26H2,1H3;1H3,(H,3,4)/q+1;/p-1.